The van der Waals surface area contributed by atoms with E-state index in [2.05, 4.69) is 32.2 Å². The first-order valence-electron chi connectivity index (χ1n) is 7.66. The van der Waals surface area contributed by atoms with E-state index in [4.69, 9.17) is 10.00 Å². The first kappa shape index (κ1) is 16.4. The maximum Gasteiger partial charge on any atom is 0.155 e. The number of H-pyrrole nitrogens is 1. The Bertz CT molecular complexity index is 555. The van der Waals surface area contributed by atoms with Crippen LogP contribution in [0.15, 0.2) is 0 Å². The molecule has 2 heterocycles. The Morgan fingerprint density at radius 1 is 1.45 bits per heavy atom. The van der Waals surface area contributed by atoms with Crippen LogP contribution in [0.5, 0.6) is 0 Å². The molecular formula is C15H22N6O. The summed E-state index contributed by atoms with van der Waals surface area (Å²) >= 11 is 0. The normalized spacial score (nSPS) is 20.5. The molecule has 0 amide bonds. The molecular weight excluding hydrogens is 280 g/mol. The minimum Gasteiger partial charge on any atom is -0.368 e. The van der Waals surface area contributed by atoms with Crippen LogP contribution in [0.25, 0.3) is 0 Å². The fraction of sp³-hybridized carbons (Fsp3) is 0.733. The highest BCUT2D eigenvalue weighted by molar-refractivity contribution is 5.00. The van der Waals surface area contributed by atoms with Crippen molar-refractivity contribution in [3.05, 3.63) is 11.6 Å². The third kappa shape index (κ3) is 4.27. The van der Waals surface area contributed by atoms with E-state index in [-0.39, 0.29) is 17.9 Å². The van der Waals surface area contributed by atoms with E-state index in [1.165, 1.54) is 0 Å². The van der Waals surface area contributed by atoms with Crippen LogP contribution >= 0.6 is 0 Å². The smallest absolute Gasteiger partial charge is 0.155 e. The van der Waals surface area contributed by atoms with Gasteiger partial charge in [-0.2, -0.15) is 15.6 Å². The molecule has 0 aliphatic carbocycles. The predicted molar refractivity (Wildman–Crippen MR) is 79.6 cm³/mol. The Labute approximate surface area is 130 Å². The van der Waals surface area contributed by atoms with E-state index < -0.39 is 0 Å². The Hall–Kier alpha value is -1.96. The second-order valence-electron chi connectivity index (χ2n) is 5.88. The summed E-state index contributed by atoms with van der Waals surface area (Å²) in [6.45, 7) is 6.87. The highest BCUT2D eigenvalue weighted by atomic mass is 16.5. The van der Waals surface area contributed by atoms with Crippen LogP contribution in [0.2, 0.25) is 0 Å². The molecule has 118 valence electrons. The van der Waals surface area contributed by atoms with Crippen LogP contribution in [0.3, 0.4) is 0 Å². The zero-order chi connectivity index (χ0) is 15.9. The molecule has 2 rings (SSSR count). The lowest BCUT2D eigenvalue weighted by Gasteiger charge is -2.32. The molecule has 0 radical (unpaired) electrons. The molecule has 1 aromatic rings. The van der Waals surface area contributed by atoms with E-state index in [9.17, 15) is 5.26 Å². The molecule has 22 heavy (non-hydrogen) atoms. The number of rotatable bonds is 6. The minimum atomic E-state index is -0.135. The number of nitrogens with one attached hydrogen (secondary N) is 1. The van der Waals surface area contributed by atoms with Crippen LogP contribution in [0, 0.1) is 28.6 Å². The quantitative estimate of drug-likeness (QED) is 0.859. The highest BCUT2D eigenvalue weighted by Crippen LogP contribution is 2.21. The van der Waals surface area contributed by atoms with E-state index in [0.29, 0.717) is 32.5 Å². The van der Waals surface area contributed by atoms with E-state index in [1.54, 1.807) is 0 Å². The lowest BCUT2D eigenvalue weighted by atomic mass is 10.0. The zero-order valence-electron chi connectivity index (χ0n) is 13.1. The lowest BCUT2D eigenvalue weighted by molar-refractivity contribution is -0.0369. The molecule has 0 spiro atoms. The molecule has 0 saturated carbocycles. The van der Waals surface area contributed by atoms with Crippen molar-refractivity contribution >= 4 is 0 Å². The summed E-state index contributed by atoms with van der Waals surface area (Å²) in [7, 11) is 0. The van der Waals surface area contributed by atoms with Gasteiger partial charge in [-0.15, -0.1) is 0 Å². The van der Waals surface area contributed by atoms with Crippen LogP contribution in [-0.2, 0) is 4.74 Å². The lowest BCUT2D eigenvalue weighted by Crippen LogP contribution is -2.41. The second kappa shape index (κ2) is 7.88. The van der Waals surface area contributed by atoms with Gasteiger partial charge < -0.3 is 4.74 Å². The number of aromatic amines is 1. The number of hydrogen-bond acceptors (Lipinski definition) is 6. The Morgan fingerprint density at radius 3 is 2.91 bits per heavy atom. The molecule has 1 N–H and O–H groups in total. The maximum absolute atomic E-state index is 9.18. The Balaban J connectivity index is 1.93. The first-order valence-corrected chi connectivity index (χ1v) is 7.66. The second-order valence-corrected chi connectivity index (χ2v) is 5.88. The van der Waals surface area contributed by atoms with Crippen LogP contribution in [-0.4, -0.2) is 46.3 Å². The SMILES string of the molecule is CC(C)c1n[nH]c([C@H]2CN(C[C@H](C#N)CCC#N)CCO2)n1. The number of aromatic nitrogens is 3. The van der Waals surface area contributed by atoms with Gasteiger partial charge in [0.05, 0.1) is 24.7 Å². The molecule has 2 atom stereocenters. The van der Waals surface area contributed by atoms with Crippen molar-refractivity contribution in [3.63, 3.8) is 0 Å². The summed E-state index contributed by atoms with van der Waals surface area (Å²) in [5.74, 6) is 1.71. The number of hydrogen-bond donors (Lipinski definition) is 1. The van der Waals surface area contributed by atoms with E-state index >= 15 is 0 Å². The van der Waals surface area contributed by atoms with Gasteiger partial charge in [0.25, 0.3) is 0 Å². The fourth-order valence-electron chi connectivity index (χ4n) is 2.47. The van der Waals surface area contributed by atoms with E-state index in [0.717, 1.165) is 18.2 Å². The van der Waals surface area contributed by atoms with E-state index in [1.807, 2.05) is 13.8 Å². The standard InChI is InChI=1S/C15H22N6O/c1-11(2)14-18-15(20-19-14)13-10-21(6-7-22-13)9-12(8-17)4-3-5-16/h11-13H,3-4,6-7,9-10H2,1-2H3,(H,18,19,20)/t12-,13+/m0/s1. The topological polar surface area (TPSA) is 102 Å². The number of ether oxygens (including phenoxy) is 1. The Morgan fingerprint density at radius 2 is 2.27 bits per heavy atom. The average Bonchev–Trinajstić information content (AvgIpc) is 3.02. The van der Waals surface area contributed by atoms with Crippen molar-refractivity contribution in [3.8, 4) is 12.1 Å². The number of morpholine rings is 1. The molecule has 1 aliphatic heterocycles. The molecule has 0 unspecified atom stereocenters. The number of nitrogens with zero attached hydrogens (tertiary/aromatic N) is 5. The summed E-state index contributed by atoms with van der Waals surface area (Å²) in [5.41, 5.74) is 0. The van der Waals surface area contributed by atoms with Crippen molar-refractivity contribution in [2.24, 2.45) is 5.92 Å². The highest BCUT2D eigenvalue weighted by Gasteiger charge is 2.26. The van der Waals surface area contributed by atoms with Gasteiger partial charge >= 0.3 is 0 Å². The van der Waals surface area contributed by atoms with Gasteiger partial charge in [-0.1, -0.05) is 13.8 Å². The minimum absolute atomic E-state index is 0.112. The summed E-state index contributed by atoms with van der Waals surface area (Å²) in [6, 6.07) is 4.39. The summed E-state index contributed by atoms with van der Waals surface area (Å²) in [5, 5.41) is 25.0. The number of nitriles is 2. The van der Waals surface area contributed by atoms with Gasteiger partial charge in [-0.05, 0) is 6.42 Å². The molecule has 1 saturated heterocycles. The van der Waals surface area contributed by atoms with Gasteiger partial charge in [0.1, 0.15) is 6.10 Å². The van der Waals surface area contributed by atoms with Crippen molar-refractivity contribution < 1.29 is 4.74 Å². The molecule has 0 bridgehead atoms. The summed E-state index contributed by atoms with van der Waals surface area (Å²) in [4.78, 5) is 6.70. The average molecular weight is 302 g/mol. The van der Waals surface area contributed by atoms with Crippen LogP contribution in [0.4, 0.5) is 0 Å². The summed E-state index contributed by atoms with van der Waals surface area (Å²) in [6.07, 6.45) is 0.907. The maximum atomic E-state index is 9.18. The molecule has 7 nitrogen and oxygen atoms in total. The van der Waals surface area contributed by atoms with Crippen molar-refractivity contribution in [1.82, 2.24) is 20.1 Å². The third-order valence-electron chi connectivity index (χ3n) is 3.76. The Kier molecular flexibility index (Phi) is 5.88. The molecule has 7 heteroatoms. The van der Waals surface area contributed by atoms with Gasteiger partial charge in [-0.25, -0.2) is 4.98 Å². The van der Waals surface area contributed by atoms with Gasteiger partial charge in [0.15, 0.2) is 11.6 Å². The van der Waals surface area contributed by atoms with Crippen LogP contribution < -0.4 is 0 Å². The molecule has 1 fully saturated rings. The van der Waals surface area contributed by atoms with Gasteiger partial charge in [0, 0.05) is 32.0 Å². The zero-order valence-corrected chi connectivity index (χ0v) is 13.1. The molecule has 1 aliphatic rings. The first-order chi connectivity index (χ1) is 10.6. The predicted octanol–water partition coefficient (Wildman–Crippen LogP) is 1.74. The van der Waals surface area contributed by atoms with Crippen molar-refractivity contribution in [2.45, 2.75) is 38.7 Å². The van der Waals surface area contributed by atoms with Crippen molar-refractivity contribution in [2.75, 3.05) is 26.2 Å². The molecule has 1 aromatic heterocycles. The van der Waals surface area contributed by atoms with Gasteiger partial charge in [-0.3, -0.25) is 10.00 Å². The monoisotopic (exact) mass is 302 g/mol. The van der Waals surface area contributed by atoms with Crippen molar-refractivity contribution in [1.29, 1.82) is 10.5 Å². The largest absolute Gasteiger partial charge is 0.368 e. The molecule has 0 aromatic carbocycles. The van der Waals surface area contributed by atoms with Crippen LogP contribution in [0.1, 0.15) is 50.4 Å². The van der Waals surface area contributed by atoms with Gasteiger partial charge in [0.2, 0.25) is 0 Å². The summed E-state index contributed by atoms with van der Waals surface area (Å²) < 4.78 is 5.77. The third-order valence-corrected chi connectivity index (χ3v) is 3.76. The fourth-order valence-corrected chi connectivity index (χ4v) is 2.47.